The van der Waals surface area contributed by atoms with E-state index < -0.39 is 0 Å². The fourth-order valence-electron chi connectivity index (χ4n) is 2.28. The van der Waals surface area contributed by atoms with Gasteiger partial charge in [0.2, 0.25) is 17.2 Å². The highest BCUT2D eigenvalue weighted by Crippen LogP contribution is 2.18. The number of hydrogen-bond acceptors (Lipinski definition) is 6. The third kappa shape index (κ3) is 4.18. The molecule has 1 unspecified atom stereocenters. The molecule has 7 heteroatoms. The van der Waals surface area contributed by atoms with Crippen LogP contribution < -0.4 is 10.2 Å². The van der Waals surface area contributed by atoms with Crippen molar-refractivity contribution in [2.24, 2.45) is 0 Å². The Morgan fingerprint density at radius 3 is 2.58 bits per heavy atom. The van der Waals surface area contributed by atoms with Crippen LogP contribution in [0.2, 0.25) is 5.28 Å². The van der Waals surface area contributed by atoms with Gasteiger partial charge in [-0.1, -0.05) is 0 Å². The van der Waals surface area contributed by atoms with Crippen molar-refractivity contribution in [1.29, 1.82) is 0 Å². The first-order chi connectivity index (χ1) is 9.04. The third-order valence-corrected chi connectivity index (χ3v) is 3.17. The van der Waals surface area contributed by atoms with E-state index in [0.29, 0.717) is 11.9 Å². The molecule has 1 aromatic rings. The lowest BCUT2D eigenvalue weighted by Gasteiger charge is -2.20. The summed E-state index contributed by atoms with van der Waals surface area (Å²) < 4.78 is 0. The summed E-state index contributed by atoms with van der Waals surface area (Å²) in [7, 11) is 4.07. The van der Waals surface area contributed by atoms with Crippen molar-refractivity contribution in [3.8, 4) is 0 Å². The van der Waals surface area contributed by atoms with E-state index in [4.69, 9.17) is 11.6 Å². The second-order valence-electron chi connectivity index (χ2n) is 5.23. The number of nitrogens with zero attached hydrogens (tertiary/aromatic N) is 5. The Labute approximate surface area is 119 Å². The Morgan fingerprint density at radius 1 is 1.26 bits per heavy atom. The molecule has 1 N–H and O–H groups in total. The molecule has 2 rings (SSSR count). The van der Waals surface area contributed by atoms with Gasteiger partial charge in [-0.15, -0.1) is 0 Å². The number of halogens is 1. The van der Waals surface area contributed by atoms with Gasteiger partial charge >= 0.3 is 0 Å². The predicted octanol–water partition coefficient (Wildman–Crippen LogP) is 1.49. The van der Waals surface area contributed by atoms with Gasteiger partial charge in [-0.2, -0.15) is 15.0 Å². The summed E-state index contributed by atoms with van der Waals surface area (Å²) in [5.74, 6) is 1.23. The summed E-state index contributed by atoms with van der Waals surface area (Å²) in [6.07, 6.45) is 2.37. The summed E-state index contributed by atoms with van der Waals surface area (Å²) in [6.45, 7) is 4.98. The maximum Gasteiger partial charge on any atom is 0.231 e. The van der Waals surface area contributed by atoms with Crippen LogP contribution in [0.25, 0.3) is 0 Å². The van der Waals surface area contributed by atoms with Crippen LogP contribution in [0.4, 0.5) is 11.9 Å². The van der Waals surface area contributed by atoms with Gasteiger partial charge in [-0.25, -0.2) is 0 Å². The summed E-state index contributed by atoms with van der Waals surface area (Å²) in [5, 5.41) is 3.51. The first-order valence-corrected chi connectivity index (χ1v) is 7.00. The van der Waals surface area contributed by atoms with Crippen molar-refractivity contribution < 1.29 is 0 Å². The molecule has 1 saturated heterocycles. The molecule has 19 heavy (non-hydrogen) atoms. The van der Waals surface area contributed by atoms with Crippen LogP contribution in [-0.2, 0) is 0 Å². The Bertz CT molecular complexity index is 419. The average Bonchev–Trinajstić information content (AvgIpc) is 2.79. The molecule has 0 spiro atoms. The minimum Gasteiger partial charge on any atom is -0.350 e. The fraction of sp³-hybridized carbons (Fsp3) is 0.750. The molecule has 0 aromatic carbocycles. The van der Waals surface area contributed by atoms with E-state index in [1.165, 1.54) is 12.8 Å². The molecule has 0 amide bonds. The summed E-state index contributed by atoms with van der Waals surface area (Å²) >= 11 is 5.98. The zero-order valence-electron chi connectivity index (χ0n) is 11.7. The lowest BCUT2D eigenvalue weighted by molar-refractivity contribution is 0.391. The zero-order chi connectivity index (χ0) is 13.8. The number of anilines is 2. The van der Waals surface area contributed by atoms with E-state index in [0.717, 1.165) is 19.6 Å². The fourth-order valence-corrected chi connectivity index (χ4v) is 2.43. The molecule has 0 bridgehead atoms. The van der Waals surface area contributed by atoms with Crippen LogP contribution in [0.1, 0.15) is 19.8 Å². The van der Waals surface area contributed by atoms with Crippen LogP contribution in [0.3, 0.4) is 0 Å². The Morgan fingerprint density at radius 2 is 1.95 bits per heavy atom. The molecule has 1 fully saturated rings. The van der Waals surface area contributed by atoms with Gasteiger partial charge in [0, 0.05) is 25.7 Å². The van der Waals surface area contributed by atoms with Crippen LogP contribution in [0, 0.1) is 0 Å². The standard InChI is InChI=1S/C12H21ClN6/c1-9(8-18(2)3)14-11-15-10(13)16-12(17-11)19-6-4-5-7-19/h9H,4-8H2,1-3H3,(H,14,15,16,17). The van der Waals surface area contributed by atoms with E-state index in [1.807, 2.05) is 14.1 Å². The van der Waals surface area contributed by atoms with Gasteiger partial charge in [0.15, 0.2) is 0 Å². The summed E-state index contributed by atoms with van der Waals surface area (Å²) in [4.78, 5) is 17.1. The second-order valence-corrected chi connectivity index (χ2v) is 5.57. The first-order valence-electron chi connectivity index (χ1n) is 6.62. The molecule has 1 aliphatic rings. The maximum atomic E-state index is 5.98. The van der Waals surface area contributed by atoms with Crippen LogP contribution in [-0.4, -0.2) is 59.6 Å². The highest BCUT2D eigenvalue weighted by Gasteiger charge is 2.17. The molecule has 1 atom stereocenters. The molecule has 1 aromatic heterocycles. The third-order valence-electron chi connectivity index (χ3n) is 3.00. The van der Waals surface area contributed by atoms with Crippen LogP contribution >= 0.6 is 11.6 Å². The van der Waals surface area contributed by atoms with Crippen LogP contribution in [0.15, 0.2) is 0 Å². The van der Waals surface area contributed by atoms with E-state index in [9.17, 15) is 0 Å². The van der Waals surface area contributed by atoms with Gasteiger partial charge in [0.1, 0.15) is 0 Å². The number of likely N-dealkylation sites (N-methyl/N-ethyl adjacent to an activating group) is 1. The largest absolute Gasteiger partial charge is 0.350 e. The van der Waals surface area contributed by atoms with Gasteiger partial charge in [0.05, 0.1) is 0 Å². The average molecular weight is 285 g/mol. The Hall–Kier alpha value is -1.14. The van der Waals surface area contributed by atoms with Crippen molar-refractivity contribution in [1.82, 2.24) is 19.9 Å². The van der Waals surface area contributed by atoms with E-state index in [1.54, 1.807) is 0 Å². The smallest absolute Gasteiger partial charge is 0.231 e. The predicted molar refractivity (Wildman–Crippen MR) is 77.9 cm³/mol. The van der Waals surface area contributed by atoms with Crippen molar-refractivity contribution in [2.45, 2.75) is 25.8 Å². The van der Waals surface area contributed by atoms with Gasteiger partial charge < -0.3 is 15.1 Å². The summed E-state index contributed by atoms with van der Waals surface area (Å²) in [5.41, 5.74) is 0. The van der Waals surface area contributed by atoms with Crippen molar-refractivity contribution >= 4 is 23.5 Å². The van der Waals surface area contributed by atoms with Crippen molar-refractivity contribution in [3.05, 3.63) is 5.28 Å². The minimum atomic E-state index is 0.247. The van der Waals surface area contributed by atoms with E-state index >= 15 is 0 Å². The Kier molecular flexibility index (Phi) is 4.76. The molecular formula is C12H21ClN6. The summed E-state index contributed by atoms with van der Waals surface area (Å²) in [6, 6.07) is 0.250. The lowest BCUT2D eigenvalue weighted by atomic mass is 10.3. The molecular weight excluding hydrogens is 264 g/mol. The number of hydrogen-bond donors (Lipinski definition) is 1. The van der Waals surface area contributed by atoms with E-state index in [2.05, 4.69) is 37.0 Å². The lowest BCUT2D eigenvalue weighted by Crippen LogP contribution is -2.31. The van der Waals surface area contributed by atoms with E-state index in [-0.39, 0.29) is 11.3 Å². The topological polar surface area (TPSA) is 57.2 Å². The van der Waals surface area contributed by atoms with Gasteiger partial charge in [0.25, 0.3) is 0 Å². The molecule has 1 aliphatic heterocycles. The number of rotatable bonds is 5. The maximum absolute atomic E-state index is 5.98. The van der Waals surface area contributed by atoms with Gasteiger partial charge in [-0.05, 0) is 45.5 Å². The highest BCUT2D eigenvalue weighted by molar-refractivity contribution is 6.28. The molecule has 106 valence electrons. The first kappa shape index (κ1) is 14.3. The highest BCUT2D eigenvalue weighted by atomic mass is 35.5. The normalized spacial score (nSPS) is 17.0. The zero-order valence-corrected chi connectivity index (χ0v) is 12.5. The number of aromatic nitrogens is 3. The van der Waals surface area contributed by atoms with Crippen LogP contribution in [0.5, 0.6) is 0 Å². The van der Waals surface area contributed by atoms with Crippen molar-refractivity contribution in [3.63, 3.8) is 0 Å². The Balaban J connectivity index is 2.07. The minimum absolute atomic E-state index is 0.247. The van der Waals surface area contributed by atoms with Crippen molar-refractivity contribution in [2.75, 3.05) is 43.9 Å². The quantitative estimate of drug-likeness (QED) is 0.884. The SMILES string of the molecule is CC(CN(C)C)Nc1nc(Cl)nc(N2CCCC2)n1. The second kappa shape index (κ2) is 6.34. The molecule has 0 saturated carbocycles. The number of nitrogens with one attached hydrogen (secondary N) is 1. The van der Waals surface area contributed by atoms with Gasteiger partial charge in [-0.3, -0.25) is 0 Å². The molecule has 2 heterocycles. The molecule has 0 radical (unpaired) electrons. The molecule has 6 nitrogen and oxygen atoms in total. The molecule has 0 aliphatic carbocycles. The monoisotopic (exact) mass is 284 g/mol.